The first-order chi connectivity index (χ1) is 7.70. The smallest absolute Gasteiger partial charge is 0.126 e. The van der Waals surface area contributed by atoms with Crippen LogP contribution in [-0.2, 0) is 11.3 Å². The van der Waals surface area contributed by atoms with Crippen molar-refractivity contribution in [3.8, 4) is 5.75 Å². The average molecular weight is 223 g/mol. The molecular weight excluding hydrogens is 202 g/mol. The molecule has 1 aromatic rings. The topological polar surface area (TPSA) is 30.5 Å². The number of methoxy groups -OCH3 is 2. The fourth-order valence-electron chi connectivity index (χ4n) is 1.67. The molecule has 0 aromatic heterocycles. The summed E-state index contributed by atoms with van der Waals surface area (Å²) >= 11 is 0. The molecule has 0 spiro atoms. The molecule has 0 atom stereocenters. The molecule has 3 nitrogen and oxygen atoms in total. The molecule has 1 aromatic carbocycles. The second-order valence-corrected chi connectivity index (χ2v) is 3.87. The molecule has 0 amide bonds. The van der Waals surface area contributed by atoms with E-state index in [2.05, 4.69) is 31.3 Å². The molecule has 0 aliphatic heterocycles. The molecule has 0 aliphatic rings. The maximum Gasteiger partial charge on any atom is 0.126 e. The van der Waals surface area contributed by atoms with E-state index in [0.29, 0.717) is 0 Å². The predicted octanol–water partition coefficient (Wildman–Crippen LogP) is 2.05. The van der Waals surface area contributed by atoms with Gasteiger partial charge in [0.05, 0.1) is 13.7 Å². The fraction of sp³-hybridized carbons (Fsp3) is 0.538. The summed E-state index contributed by atoms with van der Waals surface area (Å²) in [5.41, 5.74) is 3.67. The highest BCUT2D eigenvalue weighted by atomic mass is 16.5. The molecule has 1 N–H and O–H groups in total. The highest BCUT2D eigenvalue weighted by Gasteiger charge is 2.07. The van der Waals surface area contributed by atoms with Crippen LogP contribution in [0, 0.1) is 13.8 Å². The monoisotopic (exact) mass is 223 g/mol. The van der Waals surface area contributed by atoms with Gasteiger partial charge < -0.3 is 14.8 Å². The lowest BCUT2D eigenvalue weighted by Crippen LogP contribution is -2.19. The molecule has 0 saturated carbocycles. The number of hydrogen-bond acceptors (Lipinski definition) is 3. The van der Waals surface area contributed by atoms with Gasteiger partial charge in [-0.1, -0.05) is 12.1 Å². The molecule has 0 bridgehead atoms. The third-order valence-corrected chi connectivity index (χ3v) is 2.76. The fourth-order valence-corrected chi connectivity index (χ4v) is 1.67. The maximum atomic E-state index is 5.44. The second-order valence-electron chi connectivity index (χ2n) is 3.87. The van der Waals surface area contributed by atoms with E-state index < -0.39 is 0 Å². The molecule has 0 saturated heterocycles. The van der Waals surface area contributed by atoms with Crippen LogP contribution in [0.5, 0.6) is 5.75 Å². The van der Waals surface area contributed by atoms with Gasteiger partial charge in [0.15, 0.2) is 0 Å². The molecule has 3 heteroatoms. The van der Waals surface area contributed by atoms with Crippen LogP contribution in [0.25, 0.3) is 0 Å². The van der Waals surface area contributed by atoms with E-state index in [1.807, 2.05) is 0 Å². The lowest BCUT2D eigenvalue weighted by Gasteiger charge is -2.14. The van der Waals surface area contributed by atoms with Gasteiger partial charge in [-0.05, 0) is 25.0 Å². The van der Waals surface area contributed by atoms with Crippen LogP contribution < -0.4 is 10.1 Å². The number of hydrogen-bond donors (Lipinski definition) is 1. The zero-order chi connectivity index (χ0) is 12.0. The summed E-state index contributed by atoms with van der Waals surface area (Å²) in [6, 6.07) is 4.24. The Balaban J connectivity index is 2.68. The molecule has 0 aliphatic carbocycles. The van der Waals surface area contributed by atoms with E-state index in [0.717, 1.165) is 25.4 Å². The zero-order valence-corrected chi connectivity index (χ0v) is 10.6. The third-order valence-electron chi connectivity index (χ3n) is 2.76. The predicted molar refractivity (Wildman–Crippen MR) is 66.1 cm³/mol. The summed E-state index contributed by atoms with van der Waals surface area (Å²) in [7, 11) is 3.43. The first-order valence-corrected chi connectivity index (χ1v) is 5.53. The molecule has 16 heavy (non-hydrogen) atoms. The molecule has 0 fully saturated rings. The van der Waals surface area contributed by atoms with E-state index in [1.165, 1.54) is 16.7 Å². The van der Waals surface area contributed by atoms with Crippen molar-refractivity contribution < 1.29 is 9.47 Å². The summed E-state index contributed by atoms with van der Waals surface area (Å²) in [5, 5.41) is 3.32. The number of rotatable bonds is 6. The SMILES string of the molecule is COCCNCc1ccc(C)c(C)c1OC. The van der Waals surface area contributed by atoms with Gasteiger partial charge in [-0.15, -0.1) is 0 Å². The lowest BCUT2D eigenvalue weighted by atomic mass is 10.0. The van der Waals surface area contributed by atoms with Gasteiger partial charge in [-0.3, -0.25) is 0 Å². The van der Waals surface area contributed by atoms with Crippen molar-refractivity contribution in [2.45, 2.75) is 20.4 Å². The summed E-state index contributed by atoms with van der Waals surface area (Å²) in [4.78, 5) is 0. The zero-order valence-electron chi connectivity index (χ0n) is 10.6. The van der Waals surface area contributed by atoms with Gasteiger partial charge in [0.2, 0.25) is 0 Å². The molecule has 1 rings (SSSR count). The Morgan fingerprint density at radius 1 is 1.19 bits per heavy atom. The van der Waals surface area contributed by atoms with Crippen molar-refractivity contribution in [1.29, 1.82) is 0 Å². The quantitative estimate of drug-likeness (QED) is 0.749. The highest BCUT2D eigenvalue weighted by Crippen LogP contribution is 2.25. The van der Waals surface area contributed by atoms with Crippen molar-refractivity contribution in [2.75, 3.05) is 27.4 Å². The van der Waals surface area contributed by atoms with E-state index in [4.69, 9.17) is 9.47 Å². The molecule has 0 unspecified atom stereocenters. The average Bonchev–Trinajstić information content (AvgIpc) is 2.29. The number of ether oxygens (including phenoxy) is 2. The Labute approximate surface area is 97.8 Å². The van der Waals surface area contributed by atoms with Crippen LogP contribution in [0.2, 0.25) is 0 Å². The molecule has 90 valence electrons. The Bertz CT molecular complexity index is 337. The van der Waals surface area contributed by atoms with E-state index in [-0.39, 0.29) is 0 Å². The Morgan fingerprint density at radius 2 is 1.94 bits per heavy atom. The van der Waals surface area contributed by atoms with Crippen LogP contribution in [0.3, 0.4) is 0 Å². The van der Waals surface area contributed by atoms with Crippen molar-refractivity contribution >= 4 is 0 Å². The van der Waals surface area contributed by atoms with Gasteiger partial charge in [0.25, 0.3) is 0 Å². The largest absolute Gasteiger partial charge is 0.496 e. The van der Waals surface area contributed by atoms with Gasteiger partial charge in [-0.2, -0.15) is 0 Å². The van der Waals surface area contributed by atoms with E-state index in [9.17, 15) is 0 Å². The number of nitrogens with one attached hydrogen (secondary N) is 1. The summed E-state index contributed by atoms with van der Waals surface area (Å²) in [5.74, 6) is 0.991. The summed E-state index contributed by atoms with van der Waals surface area (Å²) in [6.45, 7) is 6.58. The van der Waals surface area contributed by atoms with Crippen molar-refractivity contribution in [1.82, 2.24) is 5.32 Å². The Hall–Kier alpha value is -1.06. The first kappa shape index (κ1) is 13.0. The van der Waals surface area contributed by atoms with E-state index >= 15 is 0 Å². The van der Waals surface area contributed by atoms with Crippen LogP contribution in [-0.4, -0.2) is 27.4 Å². The Kier molecular flexibility index (Phi) is 5.29. The van der Waals surface area contributed by atoms with Crippen molar-refractivity contribution in [3.05, 3.63) is 28.8 Å². The first-order valence-electron chi connectivity index (χ1n) is 5.53. The maximum absolute atomic E-state index is 5.44. The van der Waals surface area contributed by atoms with E-state index in [1.54, 1.807) is 14.2 Å². The van der Waals surface area contributed by atoms with Crippen LogP contribution in [0.1, 0.15) is 16.7 Å². The normalized spacial score (nSPS) is 10.5. The van der Waals surface area contributed by atoms with Crippen molar-refractivity contribution in [2.24, 2.45) is 0 Å². The van der Waals surface area contributed by atoms with Crippen LogP contribution in [0.4, 0.5) is 0 Å². The van der Waals surface area contributed by atoms with Crippen molar-refractivity contribution in [3.63, 3.8) is 0 Å². The second kappa shape index (κ2) is 6.51. The minimum absolute atomic E-state index is 0.729. The standard InChI is InChI=1S/C13H21NO2/c1-10-5-6-12(9-14-7-8-15-3)13(16-4)11(10)2/h5-6,14H,7-9H2,1-4H3. The molecule has 0 heterocycles. The Morgan fingerprint density at radius 3 is 2.56 bits per heavy atom. The minimum Gasteiger partial charge on any atom is -0.496 e. The van der Waals surface area contributed by atoms with Crippen LogP contribution in [0.15, 0.2) is 12.1 Å². The summed E-state index contributed by atoms with van der Waals surface area (Å²) in [6.07, 6.45) is 0. The third kappa shape index (κ3) is 3.22. The number of benzene rings is 1. The van der Waals surface area contributed by atoms with Gasteiger partial charge in [-0.25, -0.2) is 0 Å². The lowest BCUT2D eigenvalue weighted by molar-refractivity contribution is 0.199. The number of aryl methyl sites for hydroxylation is 1. The molecule has 0 radical (unpaired) electrons. The highest BCUT2D eigenvalue weighted by molar-refractivity contribution is 5.45. The van der Waals surface area contributed by atoms with Gasteiger partial charge in [0.1, 0.15) is 5.75 Å². The van der Waals surface area contributed by atoms with Crippen LogP contribution >= 0.6 is 0 Å². The minimum atomic E-state index is 0.729. The summed E-state index contributed by atoms with van der Waals surface area (Å²) < 4.78 is 10.4. The molecular formula is C13H21NO2. The van der Waals surface area contributed by atoms with Gasteiger partial charge in [0, 0.05) is 25.8 Å². The van der Waals surface area contributed by atoms with Gasteiger partial charge >= 0.3 is 0 Å².